The Morgan fingerprint density at radius 3 is 2.68 bits per heavy atom. The van der Waals surface area contributed by atoms with Gasteiger partial charge >= 0.3 is 6.03 Å². The maximum absolute atomic E-state index is 12.6. The summed E-state index contributed by atoms with van der Waals surface area (Å²) in [5.74, 6) is 0.474. The molecule has 0 aliphatic carbocycles. The molecular weight excluding hydrogens is 322 g/mol. The van der Waals surface area contributed by atoms with Crippen molar-refractivity contribution in [1.29, 1.82) is 0 Å². The Morgan fingerprint density at radius 1 is 1.24 bits per heavy atom. The van der Waals surface area contributed by atoms with Crippen LogP contribution in [0, 0.1) is 0 Å². The summed E-state index contributed by atoms with van der Waals surface area (Å²) in [5.41, 5.74) is 1.16. The van der Waals surface area contributed by atoms with E-state index in [2.05, 4.69) is 5.32 Å². The van der Waals surface area contributed by atoms with Gasteiger partial charge in [-0.1, -0.05) is 12.1 Å². The number of ether oxygens (including phenoxy) is 1. The van der Waals surface area contributed by atoms with Crippen LogP contribution in [0.4, 0.5) is 4.79 Å². The average Bonchev–Trinajstić information content (AvgIpc) is 3.06. The summed E-state index contributed by atoms with van der Waals surface area (Å²) < 4.78 is 5.17. The van der Waals surface area contributed by atoms with Gasteiger partial charge in [-0.15, -0.1) is 0 Å². The molecule has 1 aromatic rings. The SMILES string of the molecule is COc1ccc(C[C@@H]2CCCN2C(=O)CN2CCC(=O)NC2=O)cc1. The van der Waals surface area contributed by atoms with E-state index in [1.54, 1.807) is 7.11 Å². The fraction of sp³-hybridized carbons (Fsp3) is 0.500. The first-order chi connectivity index (χ1) is 12.1. The minimum Gasteiger partial charge on any atom is -0.497 e. The van der Waals surface area contributed by atoms with Gasteiger partial charge in [0.1, 0.15) is 12.3 Å². The van der Waals surface area contributed by atoms with Crippen LogP contribution in [0.15, 0.2) is 24.3 Å². The Balaban J connectivity index is 1.59. The van der Waals surface area contributed by atoms with Crippen molar-refractivity contribution in [3.05, 3.63) is 29.8 Å². The molecule has 2 aliphatic rings. The zero-order chi connectivity index (χ0) is 17.8. The number of hydrogen-bond acceptors (Lipinski definition) is 4. The summed E-state index contributed by atoms with van der Waals surface area (Å²) in [7, 11) is 1.64. The van der Waals surface area contributed by atoms with Gasteiger partial charge in [0, 0.05) is 25.6 Å². The number of imide groups is 1. The second kappa shape index (κ2) is 7.55. The lowest BCUT2D eigenvalue weighted by atomic mass is 10.0. The van der Waals surface area contributed by atoms with Crippen molar-refractivity contribution in [3.63, 3.8) is 0 Å². The lowest BCUT2D eigenvalue weighted by molar-refractivity contribution is -0.133. The maximum atomic E-state index is 12.6. The highest BCUT2D eigenvalue weighted by Crippen LogP contribution is 2.23. The van der Waals surface area contributed by atoms with Gasteiger partial charge < -0.3 is 14.5 Å². The second-order valence-corrected chi connectivity index (χ2v) is 6.46. The zero-order valence-corrected chi connectivity index (χ0v) is 14.4. The molecule has 0 unspecified atom stereocenters. The molecule has 4 amide bonds. The first kappa shape index (κ1) is 17.3. The normalized spacial score (nSPS) is 20.6. The Labute approximate surface area is 146 Å². The number of urea groups is 1. The van der Waals surface area contributed by atoms with Crippen molar-refractivity contribution in [2.24, 2.45) is 0 Å². The van der Waals surface area contributed by atoms with Crippen LogP contribution >= 0.6 is 0 Å². The Bertz CT molecular complexity index is 659. The predicted octanol–water partition coefficient (Wildman–Crippen LogP) is 1.17. The molecule has 0 spiro atoms. The van der Waals surface area contributed by atoms with Gasteiger partial charge in [-0.2, -0.15) is 0 Å². The van der Waals surface area contributed by atoms with Gasteiger partial charge in [-0.05, 0) is 37.0 Å². The minimum absolute atomic E-state index is 0.0260. The summed E-state index contributed by atoms with van der Waals surface area (Å²) >= 11 is 0. The standard InChI is InChI=1S/C18H23N3O4/c1-25-15-6-4-13(5-7-15)11-14-3-2-9-21(14)17(23)12-20-10-8-16(22)19-18(20)24/h4-7,14H,2-3,8-12H2,1H3,(H,19,22,24)/t14-/m0/s1. The number of benzene rings is 1. The van der Waals surface area contributed by atoms with E-state index in [0.717, 1.165) is 30.6 Å². The van der Waals surface area contributed by atoms with Gasteiger partial charge in [-0.25, -0.2) is 4.79 Å². The molecular formula is C18H23N3O4. The van der Waals surface area contributed by atoms with Crippen LogP contribution in [0.2, 0.25) is 0 Å². The molecule has 7 nitrogen and oxygen atoms in total. The fourth-order valence-corrected chi connectivity index (χ4v) is 3.41. The Hall–Kier alpha value is -2.57. The summed E-state index contributed by atoms with van der Waals surface area (Å²) in [6, 6.07) is 7.55. The van der Waals surface area contributed by atoms with Gasteiger partial charge in [0.05, 0.1) is 7.11 Å². The monoisotopic (exact) mass is 345 g/mol. The molecule has 0 aromatic heterocycles. The molecule has 1 atom stereocenters. The molecule has 7 heteroatoms. The maximum Gasteiger partial charge on any atom is 0.324 e. The van der Waals surface area contributed by atoms with Crippen LogP contribution in [0.25, 0.3) is 0 Å². The lowest BCUT2D eigenvalue weighted by Gasteiger charge is -2.30. The number of nitrogens with zero attached hydrogens (tertiary/aromatic N) is 2. The number of amides is 4. The van der Waals surface area contributed by atoms with E-state index in [1.165, 1.54) is 4.90 Å². The van der Waals surface area contributed by atoms with Crippen molar-refractivity contribution >= 4 is 17.8 Å². The van der Waals surface area contributed by atoms with Gasteiger partial charge in [0.25, 0.3) is 0 Å². The smallest absolute Gasteiger partial charge is 0.324 e. The lowest BCUT2D eigenvalue weighted by Crippen LogP contribution is -2.53. The first-order valence-electron chi connectivity index (χ1n) is 8.58. The van der Waals surface area contributed by atoms with Crippen LogP contribution in [0.1, 0.15) is 24.8 Å². The number of carbonyl (C=O) groups is 3. The molecule has 2 aliphatic heterocycles. The van der Waals surface area contributed by atoms with E-state index in [0.29, 0.717) is 13.1 Å². The van der Waals surface area contributed by atoms with E-state index < -0.39 is 6.03 Å². The average molecular weight is 345 g/mol. The highest BCUT2D eigenvalue weighted by molar-refractivity contribution is 5.98. The molecule has 0 saturated carbocycles. The second-order valence-electron chi connectivity index (χ2n) is 6.46. The Morgan fingerprint density at radius 2 is 2.00 bits per heavy atom. The molecule has 2 saturated heterocycles. The van der Waals surface area contributed by atoms with Gasteiger partial charge in [0.15, 0.2) is 0 Å². The van der Waals surface area contributed by atoms with Crippen molar-refractivity contribution < 1.29 is 19.1 Å². The van der Waals surface area contributed by atoms with Crippen molar-refractivity contribution in [2.75, 3.05) is 26.7 Å². The first-order valence-corrected chi connectivity index (χ1v) is 8.58. The van der Waals surface area contributed by atoms with Crippen LogP contribution in [0.5, 0.6) is 5.75 Å². The molecule has 1 N–H and O–H groups in total. The zero-order valence-electron chi connectivity index (χ0n) is 14.4. The molecule has 2 fully saturated rings. The molecule has 25 heavy (non-hydrogen) atoms. The predicted molar refractivity (Wildman–Crippen MR) is 91.2 cm³/mol. The summed E-state index contributed by atoms with van der Waals surface area (Å²) in [6.07, 6.45) is 2.97. The van der Waals surface area contributed by atoms with E-state index in [9.17, 15) is 14.4 Å². The third-order valence-electron chi connectivity index (χ3n) is 4.80. The number of rotatable bonds is 5. The highest BCUT2D eigenvalue weighted by Gasteiger charge is 2.32. The van der Waals surface area contributed by atoms with Crippen LogP contribution in [-0.4, -0.2) is 60.4 Å². The van der Waals surface area contributed by atoms with Crippen molar-refractivity contribution in [3.8, 4) is 5.75 Å². The number of methoxy groups -OCH3 is 1. The van der Waals surface area contributed by atoms with E-state index >= 15 is 0 Å². The number of likely N-dealkylation sites (tertiary alicyclic amines) is 1. The van der Waals surface area contributed by atoms with Crippen LogP contribution in [0.3, 0.4) is 0 Å². The highest BCUT2D eigenvalue weighted by atomic mass is 16.5. The minimum atomic E-state index is -0.476. The third kappa shape index (κ3) is 4.10. The molecule has 2 heterocycles. The number of nitrogens with one attached hydrogen (secondary N) is 1. The topological polar surface area (TPSA) is 79.0 Å². The quantitative estimate of drug-likeness (QED) is 0.869. The fourth-order valence-electron chi connectivity index (χ4n) is 3.41. The Kier molecular flexibility index (Phi) is 5.21. The summed E-state index contributed by atoms with van der Waals surface area (Å²) in [6.45, 7) is 1.04. The van der Waals surface area contributed by atoms with E-state index in [-0.39, 0.29) is 30.8 Å². The number of carbonyl (C=O) groups excluding carboxylic acids is 3. The van der Waals surface area contributed by atoms with Gasteiger partial charge in [0.2, 0.25) is 11.8 Å². The largest absolute Gasteiger partial charge is 0.497 e. The van der Waals surface area contributed by atoms with E-state index in [4.69, 9.17) is 4.74 Å². The van der Waals surface area contributed by atoms with Crippen molar-refractivity contribution in [2.45, 2.75) is 31.7 Å². The van der Waals surface area contributed by atoms with Crippen LogP contribution in [-0.2, 0) is 16.0 Å². The molecule has 0 bridgehead atoms. The third-order valence-corrected chi connectivity index (χ3v) is 4.80. The van der Waals surface area contributed by atoms with Gasteiger partial charge in [-0.3, -0.25) is 14.9 Å². The summed E-state index contributed by atoms with van der Waals surface area (Å²) in [4.78, 5) is 38.9. The number of hydrogen-bond donors (Lipinski definition) is 1. The van der Waals surface area contributed by atoms with E-state index in [1.807, 2.05) is 29.2 Å². The van der Waals surface area contributed by atoms with Crippen LogP contribution < -0.4 is 10.1 Å². The molecule has 0 radical (unpaired) electrons. The molecule has 1 aromatic carbocycles. The van der Waals surface area contributed by atoms with Crippen molar-refractivity contribution in [1.82, 2.24) is 15.1 Å². The molecule has 3 rings (SSSR count). The molecule has 134 valence electrons. The summed E-state index contributed by atoms with van der Waals surface area (Å²) in [5, 5.41) is 2.25.